The highest BCUT2D eigenvalue weighted by molar-refractivity contribution is 5.74. The van der Waals surface area contributed by atoms with E-state index in [0.29, 0.717) is 5.56 Å². The van der Waals surface area contributed by atoms with Crippen LogP contribution in [0.3, 0.4) is 0 Å². The number of amides is 2. The van der Waals surface area contributed by atoms with Gasteiger partial charge < -0.3 is 10.2 Å². The van der Waals surface area contributed by atoms with Gasteiger partial charge in [0.15, 0.2) is 11.6 Å². The van der Waals surface area contributed by atoms with Crippen molar-refractivity contribution in [2.75, 3.05) is 13.1 Å². The number of urea groups is 1. The smallest absolute Gasteiger partial charge is 0.317 e. The van der Waals surface area contributed by atoms with E-state index in [-0.39, 0.29) is 12.6 Å². The first-order valence-corrected chi connectivity index (χ1v) is 5.13. The number of carbonyl (C=O) groups excluding carboxylic acids is 1. The first kappa shape index (κ1) is 10.9. The van der Waals surface area contributed by atoms with E-state index in [2.05, 4.69) is 5.32 Å². The third-order valence-corrected chi connectivity index (χ3v) is 2.57. The van der Waals surface area contributed by atoms with Gasteiger partial charge in [0.05, 0.1) is 0 Å². The van der Waals surface area contributed by atoms with Crippen molar-refractivity contribution in [1.82, 2.24) is 10.2 Å². The quantitative estimate of drug-likeness (QED) is 0.820. The predicted octanol–water partition coefficient (Wildman–Crippen LogP) is 1.88. The Morgan fingerprint density at radius 3 is 2.62 bits per heavy atom. The second-order valence-corrected chi connectivity index (χ2v) is 3.75. The highest BCUT2D eigenvalue weighted by Crippen LogP contribution is 2.09. The zero-order valence-corrected chi connectivity index (χ0v) is 8.67. The number of rotatable bonds is 2. The molecule has 2 amide bonds. The Morgan fingerprint density at radius 1 is 1.31 bits per heavy atom. The van der Waals surface area contributed by atoms with Gasteiger partial charge in [0.2, 0.25) is 0 Å². The van der Waals surface area contributed by atoms with Crippen molar-refractivity contribution in [1.29, 1.82) is 0 Å². The maximum atomic E-state index is 12.8. The number of hydrogen-bond donors (Lipinski definition) is 1. The lowest BCUT2D eigenvalue weighted by Crippen LogP contribution is -2.47. The Hall–Kier alpha value is -1.65. The summed E-state index contributed by atoms with van der Waals surface area (Å²) in [5.41, 5.74) is 0.549. The fourth-order valence-electron chi connectivity index (χ4n) is 1.46. The Labute approximate surface area is 92.1 Å². The Balaban J connectivity index is 1.89. The van der Waals surface area contributed by atoms with Crippen LogP contribution in [0.25, 0.3) is 0 Å². The van der Waals surface area contributed by atoms with E-state index in [1.54, 1.807) is 4.90 Å². The summed E-state index contributed by atoms with van der Waals surface area (Å²) in [7, 11) is 0. The molecular formula is C11H12F2N2O. The number of likely N-dealkylation sites (tertiary alicyclic amines) is 1. The molecule has 1 aliphatic rings. The molecule has 16 heavy (non-hydrogen) atoms. The minimum absolute atomic E-state index is 0.156. The molecule has 5 heteroatoms. The molecule has 86 valence electrons. The second kappa shape index (κ2) is 4.47. The lowest BCUT2D eigenvalue weighted by molar-refractivity contribution is 0.167. The molecule has 2 rings (SSSR count). The molecule has 0 saturated carbocycles. The molecule has 0 spiro atoms. The van der Waals surface area contributed by atoms with Crippen LogP contribution in [0.2, 0.25) is 0 Å². The zero-order valence-electron chi connectivity index (χ0n) is 8.67. The van der Waals surface area contributed by atoms with E-state index in [1.807, 2.05) is 0 Å². The molecule has 1 saturated heterocycles. The monoisotopic (exact) mass is 226 g/mol. The summed E-state index contributed by atoms with van der Waals surface area (Å²) in [6, 6.07) is 3.44. The van der Waals surface area contributed by atoms with Gasteiger partial charge in [0, 0.05) is 19.6 Å². The summed E-state index contributed by atoms with van der Waals surface area (Å²) in [5, 5.41) is 2.65. The molecule has 3 nitrogen and oxygen atoms in total. The number of halogens is 2. The summed E-state index contributed by atoms with van der Waals surface area (Å²) < 4.78 is 25.5. The summed E-state index contributed by atoms with van der Waals surface area (Å²) in [6.45, 7) is 1.75. The van der Waals surface area contributed by atoms with Gasteiger partial charge in [0.1, 0.15) is 0 Å². The second-order valence-electron chi connectivity index (χ2n) is 3.75. The van der Waals surface area contributed by atoms with Crippen molar-refractivity contribution < 1.29 is 13.6 Å². The number of nitrogens with zero attached hydrogens (tertiary/aromatic N) is 1. The van der Waals surface area contributed by atoms with Gasteiger partial charge in [-0.05, 0) is 24.1 Å². The normalized spacial score (nSPS) is 14.5. The van der Waals surface area contributed by atoms with Gasteiger partial charge in [0.25, 0.3) is 0 Å². The van der Waals surface area contributed by atoms with Crippen LogP contribution in [0.15, 0.2) is 18.2 Å². The first-order valence-electron chi connectivity index (χ1n) is 5.13. The van der Waals surface area contributed by atoms with Gasteiger partial charge in [-0.3, -0.25) is 0 Å². The molecule has 0 atom stereocenters. The summed E-state index contributed by atoms with van der Waals surface area (Å²) in [5.74, 6) is -1.77. The minimum Gasteiger partial charge on any atom is -0.334 e. The summed E-state index contributed by atoms with van der Waals surface area (Å²) >= 11 is 0. The molecule has 1 heterocycles. The van der Waals surface area contributed by atoms with Crippen molar-refractivity contribution in [3.05, 3.63) is 35.4 Å². The van der Waals surface area contributed by atoms with Crippen LogP contribution in [0, 0.1) is 11.6 Å². The van der Waals surface area contributed by atoms with Crippen molar-refractivity contribution in [3.8, 4) is 0 Å². The summed E-state index contributed by atoms with van der Waals surface area (Å²) in [4.78, 5) is 13.1. The largest absolute Gasteiger partial charge is 0.334 e. The van der Waals surface area contributed by atoms with Gasteiger partial charge in [-0.1, -0.05) is 6.07 Å². The van der Waals surface area contributed by atoms with Crippen LogP contribution in [0.5, 0.6) is 0 Å². The van der Waals surface area contributed by atoms with Crippen molar-refractivity contribution >= 4 is 6.03 Å². The van der Waals surface area contributed by atoms with E-state index in [1.165, 1.54) is 6.07 Å². The molecule has 1 fully saturated rings. The van der Waals surface area contributed by atoms with Crippen molar-refractivity contribution in [3.63, 3.8) is 0 Å². The third kappa shape index (κ3) is 2.29. The van der Waals surface area contributed by atoms with Gasteiger partial charge >= 0.3 is 6.03 Å². The molecular weight excluding hydrogens is 214 g/mol. The van der Waals surface area contributed by atoms with Crippen LogP contribution >= 0.6 is 0 Å². The van der Waals surface area contributed by atoms with Crippen LogP contribution < -0.4 is 5.32 Å². The van der Waals surface area contributed by atoms with Gasteiger partial charge in [-0.25, -0.2) is 13.6 Å². The molecule has 0 unspecified atom stereocenters. The SMILES string of the molecule is O=C(NCc1ccc(F)c(F)c1)N1CCC1. The minimum atomic E-state index is -0.893. The average Bonchev–Trinajstić information content (AvgIpc) is 2.17. The van der Waals surface area contributed by atoms with E-state index in [0.717, 1.165) is 31.6 Å². The molecule has 1 aliphatic heterocycles. The molecule has 1 aromatic rings. The molecule has 0 aromatic heterocycles. The fraction of sp³-hybridized carbons (Fsp3) is 0.364. The maximum absolute atomic E-state index is 12.8. The van der Waals surface area contributed by atoms with E-state index in [9.17, 15) is 13.6 Å². The molecule has 0 radical (unpaired) electrons. The third-order valence-electron chi connectivity index (χ3n) is 2.57. The average molecular weight is 226 g/mol. The Bertz CT molecular complexity index is 405. The Kier molecular flexibility index (Phi) is 3.03. The zero-order chi connectivity index (χ0) is 11.5. The van der Waals surface area contributed by atoms with E-state index < -0.39 is 11.6 Å². The number of benzene rings is 1. The molecule has 0 bridgehead atoms. The number of hydrogen-bond acceptors (Lipinski definition) is 1. The molecule has 0 aliphatic carbocycles. The van der Waals surface area contributed by atoms with Crippen LogP contribution in [-0.2, 0) is 6.54 Å². The lowest BCUT2D eigenvalue weighted by atomic mass is 10.2. The summed E-state index contributed by atoms with van der Waals surface area (Å²) in [6.07, 6.45) is 1.03. The molecule has 1 aromatic carbocycles. The van der Waals surface area contributed by atoms with E-state index in [4.69, 9.17) is 0 Å². The van der Waals surface area contributed by atoms with Crippen LogP contribution in [0.1, 0.15) is 12.0 Å². The Morgan fingerprint density at radius 2 is 2.06 bits per heavy atom. The van der Waals surface area contributed by atoms with Gasteiger partial charge in [-0.15, -0.1) is 0 Å². The molecule has 1 N–H and O–H groups in total. The van der Waals surface area contributed by atoms with Crippen molar-refractivity contribution in [2.45, 2.75) is 13.0 Å². The topological polar surface area (TPSA) is 32.3 Å². The predicted molar refractivity (Wildman–Crippen MR) is 54.8 cm³/mol. The lowest BCUT2D eigenvalue weighted by Gasteiger charge is -2.30. The highest BCUT2D eigenvalue weighted by Gasteiger charge is 2.19. The first-order chi connectivity index (χ1) is 7.66. The number of nitrogens with one attached hydrogen (secondary N) is 1. The van der Waals surface area contributed by atoms with E-state index >= 15 is 0 Å². The van der Waals surface area contributed by atoms with Crippen LogP contribution in [-0.4, -0.2) is 24.0 Å². The standard InChI is InChI=1S/C11H12F2N2O/c12-9-3-2-8(6-10(9)13)7-14-11(16)15-4-1-5-15/h2-3,6H,1,4-5,7H2,(H,14,16). The maximum Gasteiger partial charge on any atom is 0.317 e. The highest BCUT2D eigenvalue weighted by atomic mass is 19.2. The van der Waals surface area contributed by atoms with Gasteiger partial charge in [-0.2, -0.15) is 0 Å². The number of carbonyl (C=O) groups is 1. The van der Waals surface area contributed by atoms with Crippen molar-refractivity contribution in [2.24, 2.45) is 0 Å². The fourth-order valence-corrected chi connectivity index (χ4v) is 1.46. The van der Waals surface area contributed by atoms with Crippen LogP contribution in [0.4, 0.5) is 13.6 Å².